The highest BCUT2D eigenvalue weighted by Gasteiger charge is 2.07. The van der Waals surface area contributed by atoms with Gasteiger partial charge in [0.1, 0.15) is 0 Å². The number of H-pyrrole nitrogens is 1. The van der Waals surface area contributed by atoms with E-state index in [1.165, 1.54) is 11.1 Å². The molecular weight excluding hydrogens is 288 g/mol. The first-order valence-electron chi connectivity index (χ1n) is 6.64. The average molecular weight is 303 g/mol. The van der Waals surface area contributed by atoms with Gasteiger partial charge in [0.05, 0.1) is 17.6 Å². The second-order valence-electron chi connectivity index (χ2n) is 4.80. The topological polar surface area (TPSA) is 20.7 Å². The molecule has 1 aromatic heterocycles. The Balaban J connectivity index is 2.13. The van der Waals surface area contributed by atoms with Crippen LogP contribution in [0.5, 0.6) is 0 Å². The number of benzene rings is 2. The highest BCUT2D eigenvalue weighted by atomic mass is 35.5. The van der Waals surface area contributed by atoms with E-state index in [0.29, 0.717) is 0 Å². The number of nitrogens with one attached hydrogen (secondary N) is 1. The fourth-order valence-electron chi connectivity index (χ4n) is 2.51. The number of fused-ring (bicyclic) bond motifs is 1. The van der Waals surface area contributed by atoms with Crippen molar-refractivity contribution in [3.63, 3.8) is 0 Å². The Morgan fingerprint density at radius 1 is 1.15 bits per heavy atom. The first-order valence-corrected chi connectivity index (χ1v) is 7.42. The third-order valence-corrected chi connectivity index (χ3v) is 4.12. The first-order chi connectivity index (χ1) is 9.69. The molecule has 0 amide bonds. The zero-order valence-corrected chi connectivity index (χ0v) is 12.8. The summed E-state index contributed by atoms with van der Waals surface area (Å²) in [4.78, 5) is 3.23. The van der Waals surface area contributed by atoms with Gasteiger partial charge in [-0.15, -0.1) is 0 Å². The lowest BCUT2D eigenvalue weighted by atomic mass is 10.1. The van der Waals surface area contributed by atoms with E-state index >= 15 is 0 Å². The minimum atomic E-state index is 0.726. The van der Waals surface area contributed by atoms with Crippen molar-refractivity contribution >= 4 is 34.9 Å². The largest absolute Gasteiger partial charge is 0.331 e. The van der Waals surface area contributed by atoms with Gasteiger partial charge in [0.15, 0.2) is 4.77 Å². The summed E-state index contributed by atoms with van der Waals surface area (Å²) in [6.07, 6.45) is 1.02. The number of hydrogen-bond donors (Lipinski definition) is 1. The number of aromatic nitrogens is 2. The van der Waals surface area contributed by atoms with Crippen LogP contribution in [0, 0.1) is 4.77 Å². The van der Waals surface area contributed by atoms with E-state index in [9.17, 15) is 0 Å². The molecule has 4 heteroatoms. The number of imidazole rings is 1. The predicted molar refractivity (Wildman–Crippen MR) is 87.1 cm³/mol. The van der Waals surface area contributed by atoms with Gasteiger partial charge in [0.2, 0.25) is 0 Å². The summed E-state index contributed by atoms with van der Waals surface area (Å²) in [6, 6.07) is 14.3. The summed E-state index contributed by atoms with van der Waals surface area (Å²) >= 11 is 11.5. The Kier molecular flexibility index (Phi) is 3.64. The lowest BCUT2D eigenvalue weighted by Gasteiger charge is -2.09. The van der Waals surface area contributed by atoms with Crippen LogP contribution in [0.25, 0.3) is 11.0 Å². The summed E-state index contributed by atoms with van der Waals surface area (Å²) < 4.78 is 2.83. The van der Waals surface area contributed by atoms with Gasteiger partial charge < -0.3 is 9.55 Å². The maximum atomic E-state index is 6.10. The molecule has 0 aliphatic heterocycles. The van der Waals surface area contributed by atoms with Crippen LogP contribution in [0.15, 0.2) is 42.5 Å². The maximum Gasteiger partial charge on any atom is 0.178 e. The van der Waals surface area contributed by atoms with Crippen LogP contribution in [-0.2, 0) is 13.0 Å². The zero-order chi connectivity index (χ0) is 14.1. The van der Waals surface area contributed by atoms with Crippen molar-refractivity contribution in [3.05, 3.63) is 63.4 Å². The zero-order valence-electron chi connectivity index (χ0n) is 11.2. The lowest BCUT2D eigenvalue weighted by molar-refractivity contribution is 0.799. The van der Waals surface area contributed by atoms with Gasteiger partial charge in [-0.2, -0.15) is 0 Å². The van der Waals surface area contributed by atoms with Crippen molar-refractivity contribution in [1.82, 2.24) is 9.55 Å². The molecule has 102 valence electrons. The molecule has 2 nitrogen and oxygen atoms in total. The highest BCUT2D eigenvalue weighted by Crippen LogP contribution is 2.21. The van der Waals surface area contributed by atoms with Gasteiger partial charge in [0.25, 0.3) is 0 Å². The Bertz CT molecular complexity index is 817. The molecule has 1 N–H and O–H groups in total. The smallest absolute Gasteiger partial charge is 0.178 e. The minimum Gasteiger partial charge on any atom is -0.331 e. The second kappa shape index (κ2) is 5.43. The number of aromatic amines is 1. The van der Waals surface area contributed by atoms with E-state index in [-0.39, 0.29) is 0 Å². The highest BCUT2D eigenvalue weighted by molar-refractivity contribution is 7.71. The fraction of sp³-hybridized carbons (Fsp3) is 0.188. The van der Waals surface area contributed by atoms with Crippen molar-refractivity contribution < 1.29 is 0 Å². The lowest BCUT2D eigenvalue weighted by Crippen LogP contribution is -2.02. The molecule has 0 saturated carbocycles. The summed E-state index contributed by atoms with van der Waals surface area (Å²) in [5.74, 6) is 0. The Hall–Kier alpha value is -1.58. The second-order valence-corrected chi connectivity index (χ2v) is 5.62. The van der Waals surface area contributed by atoms with Gasteiger partial charge in [0, 0.05) is 5.02 Å². The molecule has 0 spiro atoms. The third kappa shape index (κ3) is 2.39. The molecule has 2 aromatic carbocycles. The number of rotatable bonds is 3. The maximum absolute atomic E-state index is 6.10. The molecule has 0 fully saturated rings. The van der Waals surface area contributed by atoms with Gasteiger partial charge in [-0.3, -0.25) is 0 Å². The van der Waals surface area contributed by atoms with E-state index in [4.69, 9.17) is 23.8 Å². The van der Waals surface area contributed by atoms with Crippen molar-refractivity contribution in [2.75, 3.05) is 0 Å². The Labute approximate surface area is 128 Å². The SMILES string of the molecule is CCc1ccccc1Cn1c(=S)[nH]c2ccc(Cl)cc21. The van der Waals surface area contributed by atoms with Crippen LogP contribution >= 0.6 is 23.8 Å². The van der Waals surface area contributed by atoms with Crippen LogP contribution in [0.3, 0.4) is 0 Å². The molecule has 0 aliphatic carbocycles. The van der Waals surface area contributed by atoms with Crippen LogP contribution < -0.4 is 0 Å². The molecule has 1 heterocycles. The number of halogens is 1. The van der Waals surface area contributed by atoms with E-state index in [2.05, 4.69) is 40.7 Å². The average Bonchev–Trinajstić information content (AvgIpc) is 2.76. The van der Waals surface area contributed by atoms with Crippen LogP contribution in [0.4, 0.5) is 0 Å². The standard InChI is InChI=1S/C16H15ClN2S/c1-2-11-5-3-4-6-12(11)10-19-15-9-13(17)7-8-14(15)18-16(19)20/h3-9H,2,10H2,1H3,(H,18,20). The molecule has 20 heavy (non-hydrogen) atoms. The normalized spacial score (nSPS) is 11.1. The van der Waals surface area contributed by atoms with Gasteiger partial charge >= 0.3 is 0 Å². The molecular formula is C16H15ClN2S. The van der Waals surface area contributed by atoms with Gasteiger partial charge in [-0.25, -0.2) is 0 Å². The molecule has 0 bridgehead atoms. The van der Waals surface area contributed by atoms with E-state index in [0.717, 1.165) is 33.8 Å². The van der Waals surface area contributed by atoms with Crippen LogP contribution in [0.2, 0.25) is 5.02 Å². The molecule has 3 rings (SSSR count). The van der Waals surface area contributed by atoms with Crippen molar-refractivity contribution in [2.24, 2.45) is 0 Å². The minimum absolute atomic E-state index is 0.726. The van der Waals surface area contributed by atoms with Crippen LogP contribution in [0.1, 0.15) is 18.1 Å². The van der Waals surface area contributed by atoms with Crippen LogP contribution in [-0.4, -0.2) is 9.55 Å². The van der Waals surface area contributed by atoms with E-state index in [1.54, 1.807) is 0 Å². The summed E-state index contributed by atoms with van der Waals surface area (Å²) in [6.45, 7) is 2.94. The molecule has 0 atom stereocenters. The van der Waals surface area contributed by atoms with E-state index in [1.807, 2.05) is 18.2 Å². The first kappa shape index (κ1) is 13.4. The van der Waals surface area contributed by atoms with Gasteiger partial charge in [-0.1, -0.05) is 42.8 Å². The summed E-state index contributed by atoms with van der Waals surface area (Å²) in [5, 5.41) is 0.726. The van der Waals surface area contributed by atoms with E-state index < -0.39 is 0 Å². The quantitative estimate of drug-likeness (QED) is 0.678. The Morgan fingerprint density at radius 2 is 1.90 bits per heavy atom. The fourth-order valence-corrected chi connectivity index (χ4v) is 2.95. The Morgan fingerprint density at radius 3 is 2.65 bits per heavy atom. The van der Waals surface area contributed by atoms with Crippen molar-refractivity contribution in [3.8, 4) is 0 Å². The molecule has 3 aromatic rings. The molecule has 0 saturated heterocycles. The summed E-state index contributed by atoms with van der Waals surface area (Å²) in [5.41, 5.74) is 4.72. The van der Waals surface area contributed by atoms with Crippen molar-refractivity contribution in [2.45, 2.75) is 19.9 Å². The third-order valence-electron chi connectivity index (χ3n) is 3.57. The predicted octanol–water partition coefficient (Wildman–Crippen LogP) is 4.96. The molecule has 0 unspecified atom stereocenters. The number of nitrogens with zero attached hydrogens (tertiary/aromatic N) is 1. The van der Waals surface area contributed by atoms with Gasteiger partial charge in [-0.05, 0) is 48.0 Å². The number of aryl methyl sites for hydroxylation is 1. The molecule has 0 radical (unpaired) electrons. The number of hydrogen-bond acceptors (Lipinski definition) is 1. The van der Waals surface area contributed by atoms with Crippen molar-refractivity contribution in [1.29, 1.82) is 0 Å². The molecule has 0 aliphatic rings. The summed E-state index contributed by atoms with van der Waals surface area (Å²) in [7, 11) is 0. The monoisotopic (exact) mass is 302 g/mol.